The first kappa shape index (κ1) is 43.6. The molecule has 0 aromatic heterocycles. The molecule has 0 saturated heterocycles. The summed E-state index contributed by atoms with van der Waals surface area (Å²) in [4.78, 5) is 12.3. The maximum Gasteiger partial charge on any atom is 0.220 e. The van der Waals surface area contributed by atoms with Crippen LogP contribution in [-0.4, -0.2) is 34.9 Å². The van der Waals surface area contributed by atoms with E-state index >= 15 is 0 Å². The Kier molecular flexibility index (Phi) is 35.9. The summed E-state index contributed by atoms with van der Waals surface area (Å²) in [7, 11) is 0. The Morgan fingerprint density at radius 2 is 0.867 bits per heavy atom. The van der Waals surface area contributed by atoms with E-state index in [1.54, 1.807) is 6.08 Å². The molecule has 2 atom stereocenters. The van der Waals surface area contributed by atoms with Crippen molar-refractivity contribution in [3.63, 3.8) is 0 Å². The van der Waals surface area contributed by atoms with Crippen molar-refractivity contribution in [1.82, 2.24) is 5.32 Å². The van der Waals surface area contributed by atoms with Crippen LogP contribution in [0, 0.1) is 0 Å². The minimum absolute atomic E-state index is 0.0807. The number of nitrogens with one attached hydrogen (secondary N) is 1. The van der Waals surface area contributed by atoms with Gasteiger partial charge in [-0.3, -0.25) is 4.79 Å². The number of rotatable bonds is 35. The lowest BCUT2D eigenvalue weighted by Gasteiger charge is -2.19. The number of amides is 1. The van der Waals surface area contributed by atoms with E-state index in [1.807, 2.05) is 6.08 Å². The maximum atomic E-state index is 12.3. The zero-order chi connectivity index (χ0) is 32.9. The number of allylic oxidation sites excluding steroid dienone is 5. The third-order valence-electron chi connectivity index (χ3n) is 8.85. The molecule has 3 N–H and O–H groups in total. The number of hydrogen-bond acceptors (Lipinski definition) is 3. The highest BCUT2D eigenvalue weighted by molar-refractivity contribution is 5.76. The number of aliphatic hydroxyl groups excluding tert-OH is 2. The minimum atomic E-state index is -0.860. The van der Waals surface area contributed by atoms with Crippen molar-refractivity contribution in [1.29, 1.82) is 0 Å². The van der Waals surface area contributed by atoms with Gasteiger partial charge in [0.2, 0.25) is 5.91 Å². The van der Waals surface area contributed by atoms with Crippen LogP contribution in [0.4, 0.5) is 0 Å². The van der Waals surface area contributed by atoms with Gasteiger partial charge in [-0.1, -0.05) is 172 Å². The summed E-state index contributed by atoms with van der Waals surface area (Å²) < 4.78 is 0. The van der Waals surface area contributed by atoms with Gasteiger partial charge in [0.1, 0.15) is 0 Å². The predicted octanol–water partition coefficient (Wildman–Crippen LogP) is 11.8. The van der Waals surface area contributed by atoms with Crippen molar-refractivity contribution in [3.8, 4) is 0 Å². The summed E-state index contributed by atoms with van der Waals surface area (Å²) in [5.41, 5.74) is 0. The summed E-state index contributed by atoms with van der Waals surface area (Å²) >= 11 is 0. The van der Waals surface area contributed by atoms with Gasteiger partial charge in [-0.25, -0.2) is 0 Å². The van der Waals surface area contributed by atoms with E-state index in [4.69, 9.17) is 0 Å². The maximum absolute atomic E-state index is 12.3. The highest BCUT2D eigenvalue weighted by atomic mass is 16.3. The fraction of sp³-hybridized carbons (Fsp3) is 0.829. The number of aliphatic hydroxyl groups is 2. The zero-order valence-corrected chi connectivity index (χ0v) is 30.1. The van der Waals surface area contributed by atoms with Crippen molar-refractivity contribution in [3.05, 3.63) is 36.5 Å². The van der Waals surface area contributed by atoms with Crippen LogP contribution >= 0.6 is 0 Å². The quantitative estimate of drug-likeness (QED) is 0.0481. The number of unbranched alkanes of at least 4 members (excludes halogenated alkanes) is 24. The Morgan fingerprint density at radius 1 is 0.511 bits per heavy atom. The van der Waals surface area contributed by atoms with Gasteiger partial charge in [-0.15, -0.1) is 0 Å². The molecule has 0 bridgehead atoms. The average molecular weight is 632 g/mol. The standard InChI is InChI=1S/C41H77NO3/c1-3-5-7-9-11-13-15-16-17-18-19-20-21-22-23-24-25-26-27-29-31-33-35-37-41(45)42-39(38-43)40(44)36-34-32-30-28-14-12-10-8-6-4-2/h14,22-23,28,34,36,39-40,43-44H,3-13,15-21,24-27,29-33,35,37-38H2,1-2H3,(H,42,45)/b23-22-,28-14+,36-34+. The van der Waals surface area contributed by atoms with Gasteiger partial charge in [-0.05, 0) is 57.8 Å². The Balaban J connectivity index is 3.56. The molecule has 0 rings (SSSR count). The Hall–Kier alpha value is -1.39. The average Bonchev–Trinajstić information content (AvgIpc) is 3.04. The first-order chi connectivity index (χ1) is 22.2. The third kappa shape index (κ3) is 33.8. The van der Waals surface area contributed by atoms with Crippen molar-refractivity contribution in [2.24, 2.45) is 0 Å². The largest absolute Gasteiger partial charge is 0.394 e. The van der Waals surface area contributed by atoms with Crippen LogP contribution in [0.15, 0.2) is 36.5 Å². The Labute approximate surface area is 281 Å². The topological polar surface area (TPSA) is 69.6 Å². The van der Waals surface area contributed by atoms with Gasteiger partial charge < -0.3 is 15.5 Å². The molecule has 4 heteroatoms. The monoisotopic (exact) mass is 632 g/mol. The Morgan fingerprint density at radius 3 is 1.31 bits per heavy atom. The molecule has 0 aliphatic carbocycles. The van der Waals surface area contributed by atoms with Gasteiger partial charge in [-0.2, -0.15) is 0 Å². The van der Waals surface area contributed by atoms with E-state index in [0.29, 0.717) is 6.42 Å². The molecule has 0 spiro atoms. The van der Waals surface area contributed by atoms with Crippen molar-refractivity contribution < 1.29 is 15.0 Å². The van der Waals surface area contributed by atoms with E-state index in [9.17, 15) is 15.0 Å². The fourth-order valence-corrected chi connectivity index (χ4v) is 5.78. The molecule has 0 aliphatic heterocycles. The molecule has 0 heterocycles. The summed E-state index contributed by atoms with van der Waals surface area (Å²) in [5.74, 6) is -0.0807. The number of carbonyl (C=O) groups is 1. The van der Waals surface area contributed by atoms with Crippen LogP contribution in [-0.2, 0) is 4.79 Å². The highest BCUT2D eigenvalue weighted by Crippen LogP contribution is 2.14. The lowest BCUT2D eigenvalue weighted by molar-refractivity contribution is -0.123. The predicted molar refractivity (Wildman–Crippen MR) is 198 cm³/mol. The molecule has 0 saturated carbocycles. The van der Waals surface area contributed by atoms with E-state index in [-0.39, 0.29) is 12.5 Å². The van der Waals surface area contributed by atoms with Crippen LogP contribution in [0.2, 0.25) is 0 Å². The van der Waals surface area contributed by atoms with Crippen LogP contribution in [0.3, 0.4) is 0 Å². The van der Waals surface area contributed by atoms with E-state index in [2.05, 4.69) is 43.5 Å². The molecule has 4 nitrogen and oxygen atoms in total. The number of hydrogen-bond donors (Lipinski definition) is 3. The van der Waals surface area contributed by atoms with Gasteiger partial charge in [0.15, 0.2) is 0 Å². The molecule has 264 valence electrons. The van der Waals surface area contributed by atoms with Crippen molar-refractivity contribution >= 4 is 5.91 Å². The van der Waals surface area contributed by atoms with E-state index in [0.717, 1.165) is 32.1 Å². The first-order valence-electron chi connectivity index (χ1n) is 19.7. The SMILES string of the molecule is CCCCCC/C=C/CC/C=C/C(O)C(CO)NC(=O)CCCCCCCCC/C=C\CCCCCCCCCCCCCC. The second kappa shape index (κ2) is 37.1. The van der Waals surface area contributed by atoms with Crippen LogP contribution in [0.25, 0.3) is 0 Å². The molecule has 0 radical (unpaired) electrons. The molecule has 0 aromatic rings. The molecule has 2 unspecified atom stereocenters. The normalized spacial score (nSPS) is 13.4. The molecule has 0 fully saturated rings. The lowest BCUT2D eigenvalue weighted by atomic mass is 10.0. The highest BCUT2D eigenvalue weighted by Gasteiger charge is 2.17. The van der Waals surface area contributed by atoms with Gasteiger partial charge in [0.25, 0.3) is 0 Å². The number of carbonyl (C=O) groups excluding carboxylic acids is 1. The second-order valence-electron chi connectivity index (χ2n) is 13.3. The molecular weight excluding hydrogens is 554 g/mol. The summed E-state index contributed by atoms with van der Waals surface area (Å²) in [6.45, 7) is 4.26. The van der Waals surface area contributed by atoms with E-state index < -0.39 is 12.1 Å². The van der Waals surface area contributed by atoms with Gasteiger partial charge >= 0.3 is 0 Å². The molecule has 0 aliphatic rings. The van der Waals surface area contributed by atoms with Gasteiger partial charge in [0, 0.05) is 6.42 Å². The first-order valence-corrected chi connectivity index (χ1v) is 19.7. The Bertz CT molecular complexity index is 686. The van der Waals surface area contributed by atoms with Crippen LogP contribution in [0.1, 0.15) is 200 Å². The minimum Gasteiger partial charge on any atom is -0.394 e. The molecular formula is C41H77NO3. The third-order valence-corrected chi connectivity index (χ3v) is 8.85. The molecule has 1 amide bonds. The molecule has 45 heavy (non-hydrogen) atoms. The van der Waals surface area contributed by atoms with Crippen LogP contribution in [0.5, 0.6) is 0 Å². The van der Waals surface area contributed by atoms with Gasteiger partial charge in [0.05, 0.1) is 18.8 Å². The summed E-state index contributed by atoms with van der Waals surface area (Å²) in [5, 5.41) is 22.8. The summed E-state index contributed by atoms with van der Waals surface area (Å²) in [6, 6.07) is -0.638. The summed E-state index contributed by atoms with van der Waals surface area (Å²) in [6.07, 6.45) is 48.2. The van der Waals surface area contributed by atoms with Crippen LogP contribution < -0.4 is 5.32 Å². The van der Waals surface area contributed by atoms with E-state index in [1.165, 1.54) is 148 Å². The molecule has 0 aromatic carbocycles. The zero-order valence-electron chi connectivity index (χ0n) is 30.1. The fourth-order valence-electron chi connectivity index (χ4n) is 5.78. The smallest absolute Gasteiger partial charge is 0.220 e. The lowest BCUT2D eigenvalue weighted by Crippen LogP contribution is -2.45. The second-order valence-corrected chi connectivity index (χ2v) is 13.3. The van der Waals surface area contributed by atoms with Crippen molar-refractivity contribution in [2.75, 3.05) is 6.61 Å². The van der Waals surface area contributed by atoms with Crippen molar-refractivity contribution in [2.45, 2.75) is 212 Å².